The molecule has 7 nitrogen and oxygen atoms in total. The van der Waals surface area contributed by atoms with Crippen LogP contribution in [0.15, 0.2) is 40.1 Å². The fraction of sp³-hybridized carbons (Fsp3) is 0.250. The van der Waals surface area contributed by atoms with Crippen LogP contribution in [-0.2, 0) is 14.8 Å². The van der Waals surface area contributed by atoms with E-state index in [1.807, 2.05) is 0 Å². The number of hydrogen-bond acceptors (Lipinski definition) is 6. The molecule has 3 rings (SSSR count). The van der Waals surface area contributed by atoms with Crippen molar-refractivity contribution in [2.24, 2.45) is 0 Å². The van der Waals surface area contributed by atoms with Crippen molar-refractivity contribution in [1.82, 2.24) is 9.71 Å². The Morgan fingerprint density at radius 1 is 1.40 bits per heavy atom. The molecule has 1 heterocycles. The lowest BCUT2D eigenvalue weighted by Crippen LogP contribution is -2.25. The van der Waals surface area contributed by atoms with Gasteiger partial charge in [0.25, 0.3) is 0 Å². The van der Waals surface area contributed by atoms with Crippen LogP contribution in [0.25, 0.3) is 6.08 Å². The second-order valence-electron chi connectivity index (χ2n) is 5.49. The first-order chi connectivity index (χ1) is 12.0. The second kappa shape index (κ2) is 7.34. The minimum atomic E-state index is -3.61. The number of ether oxygens (including phenoxy) is 1. The maximum atomic E-state index is 12.3. The van der Waals surface area contributed by atoms with E-state index in [-0.39, 0.29) is 16.6 Å². The molecule has 0 atom stereocenters. The van der Waals surface area contributed by atoms with Crippen LogP contribution in [0.5, 0.6) is 5.75 Å². The van der Waals surface area contributed by atoms with E-state index < -0.39 is 15.9 Å². The fourth-order valence-corrected chi connectivity index (χ4v) is 3.93. The van der Waals surface area contributed by atoms with Crippen LogP contribution < -0.4 is 14.8 Å². The zero-order chi connectivity index (χ0) is 17.9. The summed E-state index contributed by atoms with van der Waals surface area (Å²) in [4.78, 5) is 16.2. The number of thiazole rings is 1. The Hall–Kier alpha value is -2.23. The molecule has 0 bridgehead atoms. The lowest BCUT2D eigenvalue weighted by atomic mass is 10.3. The predicted molar refractivity (Wildman–Crippen MR) is 96.1 cm³/mol. The number of amides is 1. The quantitative estimate of drug-likeness (QED) is 0.719. The maximum Gasteiger partial charge on any atom is 0.248 e. The Balaban J connectivity index is 1.79. The van der Waals surface area contributed by atoms with Gasteiger partial charge in [0.1, 0.15) is 5.75 Å². The molecule has 0 aliphatic heterocycles. The molecule has 1 aliphatic carbocycles. The molecule has 1 aliphatic rings. The average molecular weight is 379 g/mol. The molecule has 1 amide bonds. The van der Waals surface area contributed by atoms with Gasteiger partial charge in [0, 0.05) is 17.5 Å². The molecule has 1 fully saturated rings. The summed E-state index contributed by atoms with van der Waals surface area (Å²) in [7, 11) is -2.16. The normalized spacial score (nSPS) is 14.6. The zero-order valence-electron chi connectivity index (χ0n) is 13.4. The maximum absolute atomic E-state index is 12.3. The third kappa shape index (κ3) is 4.65. The minimum absolute atomic E-state index is 0.00573. The molecular weight excluding hydrogens is 362 g/mol. The van der Waals surface area contributed by atoms with Gasteiger partial charge in [-0.1, -0.05) is 0 Å². The third-order valence-corrected chi connectivity index (χ3v) is 5.62. The zero-order valence-corrected chi connectivity index (χ0v) is 15.1. The van der Waals surface area contributed by atoms with Crippen molar-refractivity contribution in [3.8, 4) is 5.75 Å². The Bertz CT molecular complexity index is 888. The summed E-state index contributed by atoms with van der Waals surface area (Å²) in [6.07, 6.45) is 4.60. The van der Waals surface area contributed by atoms with Crippen molar-refractivity contribution < 1.29 is 17.9 Å². The topological polar surface area (TPSA) is 97.4 Å². The van der Waals surface area contributed by atoms with E-state index >= 15 is 0 Å². The summed E-state index contributed by atoms with van der Waals surface area (Å²) >= 11 is 1.43. The number of aromatic nitrogens is 1. The summed E-state index contributed by atoms with van der Waals surface area (Å²) in [5.74, 6) is -0.0308. The van der Waals surface area contributed by atoms with Gasteiger partial charge in [-0.3, -0.25) is 4.79 Å². The Kier molecular flexibility index (Phi) is 5.16. The Morgan fingerprint density at radius 3 is 2.84 bits per heavy atom. The van der Waals surface area contributed by atoms with Crippen LogP contribution in [0.1, 0.15) is 18.5 Å². The molecule has 132 valence electrons. The molecule has 0 unspecified atom stereocenters. The van der Waals surface area contributed by atoms with Gasteiger partial charge in [0.05, 0.1) is 28.9 Å². The first kappa shape index (κ1) is 17.6. The van der Waals surface area contributed by atoms with Gasteiger partial charge >= 0.3 is 0 Å². The van der Waals surface area contributed by atoms with E-state index in [4.69, 9.17) is 4.74 Å². The highest BCUT2D eigenvalue weighted by molar-refractivity contribution is 7.89. The van der Waals surface area contributed by atoms with Crippen molar-refractivity contribution >= 4 is 39.0 Å². The Labute approximate surface area is 149 Å². The van der Waals surface area contributed by atoms with E-state index in [1.165, 1.54) is 42.7 Å². The monoisotopic (exact) mass is 379 g/mol. The SMILES string of the molecule is COc1ccc(S(=O)(=O)NC2CC2)cc1NC(=O)/C=C/c1cscn1. The number of hydrogen-bond donors (Lipinski definition) is 2. The molecule has 1 aromatic heterocycles. The highest BCUT2D eigenvalue weighted by Gasteiger charge is 2.28. The van der Waals surface area contributed by atoms with Gasteiger partial charge in [-0.2, -0.15) is 0 Å². The van der Waals surface area contributed by atoms with Crippen molar-refractivity contribution in [3.05, 3.63) is 40.9 Å². The summed E-state index contributed by atoms with van der Waals surface area (Å²) in [6, 6.07) is 4.36. The average Bonchev–Trinajstić information content (AvgIpc) is 3.23. The number of rotatable bonds is 7. The number of benzene rings is 1. The summed E-state index contributed by atoms with van der Waals surface area (Å²) < 4.78 is 32.4. The van der Waals surface area contributed by atoms with Crippen LogP contribution in [-0.4, -0.2) is 32.5 Å². The van der Waals surface area contributed by atoms with Crippen molar-refractivity contribution in [2.45, 2.75) is 23.8 Å². The summed E-state index contributed by atoms with van der Waals surface area (Å²) in [5.41, 5.74) is 2.63. The molecule has 1 aromatic carbocycles. The van der Waals surface area contributed by atoms with E-state index in [9.17, 15) is 13.2 Å². The molecule has 9 heteroatoms. The van der Waals surface area contributed by atoms with Crippen LogP contribution >= 0.6 is 11.3 Å². The molecule has 2 N–H and O–H groups in total. The second-order valence-corrected chi connectivity index (χ2v) is 7.93. The van der Waals surface area contributed by atoms with E-state index in [2.05, 4.69) is 15.0 Å². The van der Waals surface area contributed by atoms with Crippen LogP contribution in [0, 0.1) is 0 Å². The number of sulfonamides is 1. The number of carbonyl (C=O) groups is 1. The smallest absolute Gasteiger partial charge is 0.248 e. The van der Waals surface area contributed by atoms with Gasteiger partial charge in [0.15, 0.2) is 0 Å². The van der Waals surface area contributed by atoms with E-state index in [0.717, 1.165) is 12.8 Å². The molecule has 0 saturated heterocycles. The largest absolute Gasteiger partial charge is 0.495 e. The van der Waals surface area contributed by atoms with Gasteiger partial charge in [-0.05, 0) is 37.1 Å². The third-order valence-electron chi connectivity index (χ3n) is 3.50. The van der Waals surface area contributed by atoms with Crippen LogP contribution in [0.3, 0.4) is 0 Å². The Morgan fingerprint density at radius 2 is 2.20 bits per heavy atom. The standard InChI is InChI=1S/C16H17N3O4S2/c1-23-15-6-5-13(25(21,22)19-11-2-3-11)8-14(15)18-16(20)7-4-12-9-24-10-17-12/h4-11,19H,2-3H2,1H3,(H,18,20)/b7-4+. The first-order valence-electron chi connectivity index (χ1n) is 7.55. The highest BCUT2D eigenvalue weighted by atomic mass is 32.2. The molecule has 25 heavy (non-hydrogen) atoms. The number of methoxy groups -OCH3 is 1. The first-order valence-corrected chi connectivity index (χ1v) is 9.98. The van der Waals surface area contributed by atoms with Gasteiger partial charge < -0.3 is 10.1 Å². The van der Waals surface area contributed by atoms with E-state index in [0.29, 0.717) is 11.4 Å². The lowest BCUT2D eigenvalue weighted by Gasteiger charge is -2.12. The minimum Gasteiger partial charge on any atom is -0.495 e. The molecule has 2 aromatic rings. The van der Waals surface area contributed by atoms with Gasteiger partial charge in [0.2, 0.25) is 15.9 Å². The molecule has 1 saturated carbocycles. The van der Waals surface area contributed by atoms with Crippen molar-refractivity contribution in [2.75, 3.05) is 12.4 Å². The fourth-order valence-electron chi connectivity index (χ4n) is 2.08. The number of nitrogens with zero attached hydrogens (tertiary/aromatic N) is 1. The molecule has 0 radical (unpaired) electrons. The van der Waals surface area contributed by atoms with Crippen molar-refractivity contribution in [3.63, 3.8) is 0 Å². The van der Waals surface area contributed by atoms with Gasteiger partial charge in [-0.15, -0.1) is 11.3 Å². The van der Waals surface area contributed by atoms with E-state index in [1.54, 1.807) is 17.0 Å². The molecular formula is C16H17N3O4S2. The van der Waals surface area contributed by atoms with Crippen LogP contribution in [0.2, 0.25) is 0 Å². The number of anilines is 1. The van der Waals surface area contributed by atoms with Gasteiger partial charge in [-0.25, -0.2) is 18.1 Å². The molecule has 0 spiro atoms. The number of nitrogens with one attached hydrogen (secondary N) is 2. The van der Waals surface area contributed by atoms with Crippen molar-refractivity contribution in [1.29, 1.82) is 0 Å². The number of carbonyl (C=O) groups excluding carboxylic acids is 1. The lowest BCUT2D eigenvalue weighted by molar-refractivity contribution is -0.111. The highest BCUT2D eigenvalue weighted by Crippen LogP contribution is 2.29. The van der Waals surface area contributed by atoms with Crippen LogP contribution in [0.4, 0.5) is 5.69 Å². The predicted octanol–water partition coefficient (Wildman–Crippen LogP) is 2.24. The summed E-state index contributed by atoms with van der Waals surface area (Å²) in [6.45, 7) is 0. The summed E-state index contributed by atoms with van der Waals surface area (Å²) in [5, 5.41) is 4.44.